The third kappa shape index (κ3) is 5.63. The van der Waals surface area contributed by atoms with Crippen LogP contribution in [0.1, 0.15) is 35.0 Å². The molecule has 2 amide bonds. The van der Waals surface area contributed by atoms with Gasteiger partial charge in [-0.2, -0.15) is 0 Å². The lowest BCUT2D eigenvalue weighted by atomic mass is 10.1. The second-order valence-corrected chi connectivity index (χ2v) is 7.08. The van der Waals surface area contributed by atoms with Crippen LogP contribution in [0.25, 0.3) is 10.9 Å². The first-order valence-electron chi connectivity index (χ1n) is 10.1. The molecule has 0 aliphatic heterocycles. The summed E-state index contributed by atoms with van der Waals surface area (Å²) in [5.74, 6) is -1.70. The minimum Gasteiger partial charge on any atom is -0.480 e. The minimum absolute atomic E-state index is 0.0147. The first-order valence-corrected chi connectivity index (χ1v) is 10.1. The number of para-hydroxylation sites is 1. The van der Waals surface area contributed by atoms with Crippen molar-refractivity contribution in [3.8, 4) is 0 Å². The Morgan fingerprint density at radius 3 is 2.48 bits per heavy atom. The van der Waals surface area contributed by atoms with E-state index >= 15 is 0 Å². The molecule has 1 unspecified atom stereocenters. The molecule has 0 radical (unpaired) electrons. The molecule has 2 aromatic carbocycles. The molecular weight excluding hydrogens is 398 g/mol. The SMILES string of the molecule is CCCc1c(C(=O)NCC(NC(=O)OCc2ccccc2)C(=O)O)[nH]c2ccccc12. The van der Waals surface area contributed by atoms with Gasteiger partial charge in [-0.1, -0.05) is 61.9 Å². The minimum atomic E-state index is -1.33. The van der Waals surface area contributed by atoms with E-state index in [1.807, 2.05) is 49.4 Å². The van der Waals surface area contributed by atoms with Gasteiger partial charge in [-0.15, -0.1) is 0 Å². The zero-order valence-corrected chi connectivity index (χ0v) is 17.2. The molecular formula is C23H25N3O5. The first-order chi connectivity index (χ1) is 15.0. The summed E-state index contributed by atoms with van der Waals surface area (Å²) in [5, 5.41) is 15.3. The second-order valence-electron chi connectivity index (χ2n) is 7.08. The molecule has 1 aromatic heterocycles. The van der Waals surface area contributed by atoms with Crippen LogP contribution < -0.4 is 10.6 Å². The number of aromatic nitrogens is 1. The third-order valence-electron chi connectivity index (χ3n) is 4.81. The summed E-state index contributed by atoms with van der Waals surface area (Å²) in [4.78, 5) is 39.4. The Balaban J connectivity index is 1.61. The van der Waals surface area contributed by atoms with Crippen LogP contribution in [0.5, 0.6) is 0 Å². The summed E-state index contributed by atoms with van der Waals surface area (Å²) in [5.41, 5.74) is 2.91. The molecule has 8 heteroatoms. The van der Waals surface area contributed by atoms with Gasteiger partial charge >= 0.3 is 12.1 Å². The van der Waals surface area contributed by atoms with Gasteiger partial charge in [0.15, 0.2) is 0 Å². The van der Waals surface area contributed by atoms with Crippen molar-refractivity contribution >= 4 is 28.9 Å². The van der Waals surface area contributed by atoms with Crippen LogP contribution in [-0.4, -0.2) is 40.6 Å². The maximum Gasteiger partial charge on any atom is 0.408 e. The summed E-state index contributed by atoms with van der Waals surface area (Å²) >= 11 is 0. The van der Waals surface area contributed by atoms with E-state index in [0.717, 1.165) is 28.5 Å². The summed E-state index contributed by atoms with van der Waals surface area (Å²) in [6.45, 7) is 1.76. The standard InChI is InChI=1S/C23H25N3O5/c1-2-8-17-16-11-6-7-12-18(16)25-20(17)21(27)24-13-19(22(28)29)26-23(30)31-14-15-9-4-3-5-10-15/h3-7,9-12,19,25H,2,8,13-14H2,1H3,(H,24,27)(H,26,30)(H,28,29). The number of fused-ring (bicyclic) bond motifs is 1. The number of H-pyrrole nitrogens is 1. The molecule has 3 aromatic rings. The van der Waals surface area contributed by atoms with Crippen molar-refractivity contribution in [3.63, 3.8) is 0 Å². The molecule has 1 heterocycles. The number of benzene rings is 2. The molecule has 31 heavy (non-hydrogen) atoms. The van der Waals surface area contributed by atoms with Gasteiger partial charge in [-0.25, -0.2) is 9.59 Å². The molecule has 0 aliphatic carbocycles. The van der Waals surface area contributed by atoms with E-state index < -0.39 is 24.0 Å². The number of carbonyl (C=O) groups is 3. The van der Waals surface area contributed by atoms with Gasteiger partial charge in [0, 0.05) is 17.4 Å². The number of aryl methyl sites for hydroxylation is 1. The lowest BCUT2D eigenvalue weighted by Crippen LogP contribution is -2.48. The van der Waals surface area contributed by atoms with Crippen molar-refractivity contribution in [2.24, 2.45) is 0 Å². The van der Waals surface area contributed by atoms with Crippen LogP contribution in [0.4, 0.5) is 4.79 Å². The quantitative estimate of drug-likeness (QED) is 0.421. The number of rotatable bonds is 9. The van der Waals surface area contributed by atoms with Crippen molar-refractivity contribution in [2.75, 3.05) is 6.54 Å². The number of carboxylic acids is 1. The van der Waals surface area contributed by atoms with Crippen molar-refractivity contribution in [3.05, 3.63) is 71.4 Å². The number of hydrogen-bond donors (Lipinski definition) is 4. The Bertz CT molecular complexity index is 1060. The Hall–Kier alpha value is -3.81. The third-order valence-corrected chi connectivity index (χ3v) is 4.81. The first kappa shape index (κ1) is 21.9. The lowest BCUT2D eigenvalue weighted by molar-refractivity contribution is -0.139. The zero-order valence-electron chi connectivity index (χ0n) is 17.2. The maximum absolute atomic E-state index is 12.8. The van der Waals surface area contributed by atoms with E-state index in [0.29, 0.717) is 12.1 Å². The van der Waals surface area contributed by atoms with Crippen LogP contribution in [0.2, 0.25) is 0 Å². The summed E-state index contributed by atoms with van der Waals surface area (Å²) in [7, 11) is 0. The number of alkyl carbamates (subject to hydrolysis) is 1. The maximum atomic E-state index is 12.8. The predicted octanol–water partition coefficient (Wildman–Crippen LogP) is 3.23. The van der Waals surface area contributed by atoms with E-state index in [9.17, 15) is 19.5 Å². The highest BCUT2D eigenvalue weighted by Crippen LogP contribution is 2.23. The molecule has 0 saturated carbocycles. The van der Waals surface area contributed by atoms with Crippen LogP contribution >= 0.6 is 0 Å². The average Bonchev–Trinajstić information content (AvgIpc) is 3.14. The molecule has 3 rings (SSSR count). The molecule has 162 valence electrons. The molecule has 8 nitrogen and oxygen atoms in total. The topological polar surface area (TPSA) is 121 Å². The Labute approximate surface area is 179 Å². The van der Waals surface area contributed by atoms with E-state index in [2.05, 4.69) is 15.6 Å². The smallest absolute Gasteiger partial charge is 0.408 e. The van der Waals surface area contributed by atoms with E-state index in [-0.39, 0.29) is 13.2 Å². The van der Waals surface area contributed by atoms with Crippen LogP contribution in [0, 0.1) is 0 Å². The summed E-state index contributed by atoms with van der Waals surface area (Å²) < 4.78 is 5.06. The van der Waals surface area contributed by atoms with Crippen LogP contribution in [-0.2, 0) is 22.6 Å². The monoisotopic (exact) mass is 423 g/mol. The number of aliphatic carboxylic acids is 1. The Morgan fingerprint density at radius 1 is 1.06 bits per heavy atom. The molecule has 0 bridgehead atoms. The molecule has 0 aliphatic rings. The fraction of sp³-hybridized carbons (Fsp3) is 0.261. The number of hydrogen-bond acceptors (Lipinski definition) is 4. The van der Waals surface area contributed by atoms with E-state index in [4.69, 9.17) is 4.74 Å². The number of amides is 2. The Kier molecular flexibility index (Phi) is 7.26. The van der Waals surface area contributed by atoms with Crippen molar-refractivity contribution in [2.45, 2.75) is 32.4 Å². The van der Waals surface area contributed by atoms with E-state index in [1.165, 1.54) is 0 Å². The fourth-order valence-corrected chi connectivity index (χ4v) is 3.29. The van der Waals surface area contributed by atoms with Crippen molar-refractivity contribution < 1.29 is 24.2 Å². The Morgan fingerprint density at radius 2 is 1.77 bits per heavy atom. The van der Waals surface area contributed by atoms with Gasteiger partial charge in [0.1, 0.15) is 18.3 Å². The number of nitrogens with one attached hydrogen (secondary N) is 3. The molecule has 4 N–H and O–H groups in total. The van der Waals surface area contributed by atoms with Gasteiger partial charge in [0.05, 0.1) is 0 Å². The fourth-order valence-electron chi connectivity index (χ4n) is 3.29. The number of carbonyl (C=O) groups excluding carboxylic acids is 2. The van der Waals surface area contributed by atoms with Crippen molar-refractivity contribution in [1.29, 1.82) is 0 Å². The predicted molar refractivity (Wildman–Crippen MR) is 116 cm³/mol. The molecule has 0 saturated heterocycles. The van der Waals surface area contributed by atoms with Crippen LogP contribution in [0.3, 0.4) is 0 Å². The highest BCUT2D eigenvalue weighted by Gasteiger charge is 2.23. The zero-order chi connectivity index (χ0) is 22.2. The normalized spacial score (nSPS) is 11.6. The molecule has 0 spiro atoms. The van der Waals surface area contributed by atoms with Gasteiger partial charge in [0.25, 0.3) is 5.91 Å². The average molecular weight is 423 g/mol. The highest BCUT2D eigenvalue weighted by molar-refractivity contribution is 6.01. The number of ether oxygens (including phenoxy) is 1. The molecule has 0 fully saturated rings. The number of aromatic amines is 1. The van der Waals surface area contributed by atoms with E-state index in [1.54, 1.807) is 12.1 Å². The summed E-state index contributed by atoms with van der Waals surface area (Å²) in [6, 6.07) is 15.3. The van der Waals surface area contributed by atoms with Gasteiger partial charge in [-0.05, 0) is 23.6 Å². The summed E-state index contributed by atoms with van der Waals surface area (Å²) in [6.07, 6.45) is 0.691. The largest absolute Gasteiger partial charge is 0.480 e. The van der Waals surface area contributed by atoms with Crippen molar-refractivity contribution in [1.82, 2.24) is 15.6 Å². The lowest BCUT2D eigenvalue weighted by Gasteiger charge is -2.15. The number of carboxylic acid groups (broad SMARTS) is 1. The van der Waals surface area contributed by atoms with Gasteiger partial charge in [-0.3, -0.25) is 4.79 Å². The highest BCUT2D eigenvalue weighted by atomic mass is 16.5. The van der Waals surface area contributed by atoms with Gasteiger partial charge in [0.2, 0.25) is 0 Å². The van der Waals surface area contributed by atoms with Gasteiger partial charge < -0.3 is 25.5 Å². The van der Waals surface area contributed by atoms with Crippen LogP contribution in [0.15, 0.2) is 54.6 Å². The second kappa shape index (κ2) is 10.3. The molecule has 1 atom stereocenters.